The number of rotatable bonds is 9. The maximum Gasteiger partial charge on any atom is 0.252 e. The summed E-state index contributed by atoms with van der Waals surface area (Å²) in [6.45, 7) is 13.9. The molecule has 2 aromatic heterocycles. The van der Waals surface area contributed by atoms with E-state index in [1.807, 2.05) is 0 Å². The predicted octanol–water partition coefficient (Wildman–Crippen LogP) is 25.2. The number of fused-ring (bicyclic) bond motifs is 8. The molecule has 2 aliphatic rings. The van der Waals surface area contributed by atoms with Crippen molar-refractivity contribution in [1.29, 1.82) is 0 Å². The summed E-state index contributed by atoms with van der Waals surface area (Å²) in [5, 5.41) is 12.7. The van der Waals surface area contributed by atoms with Crippen molar-refractivity contribution in [3.05, 3.63) is 345 Å². The standard InChI is InChI=1S/C100H73BN4/c1-99(2,3)70-55-78(63-30-14-8-15-31-63)97(79(56-70)64-32-16-9-17-33-64)104-86-51-48-69(62-28-12-7-13-29-62)54-83(86)101-82-50-49-72(102-84-44-24-22-40-74(84)75-41-23-25-45-85(75)102)59-89(82)105(98-80(65-34-18-10-19-35-65)57-71(100(4,5)6)58-81(98)66-36-20-11-21-37-66)91-61-73(60-90(104)96(91)101)103-87-52-46-67-38-26-42-76-77-43-27-39-68-47-53-88(103)95(93(68)77)94(87)92(67)76/h7-61H,1-6H3. The topological polar surface area (TPSA) is 16.3 Å². The van der Waals surface area contributed by atoms with Crippen LogP contribution in [0.15, 0.2) is 334 Å². The molecule has 0 spiro atoms. The molecule has 0 saturated carbocycles. The van der Waals surface area contributed by atoms with E-state index < -0.39 is 0 Å². The van der Waals surface area contributed by atoms with Crippen molar-refractivity contribution in [3.63, 3.8) is 0 Å². The molecular weight excluding hydrogens is 1270 g/mol. The molecule has 0 radical (unpaired) electrons. The lowest BCUT2D eigenvalue weighted by molar-refractivity contribution is 0.590. The summed E-state index contributed by atoms with van der Waals surface area (Å²) in [5.74, 6) is 0. The maximum absolute atomic E-state index is 2.75. The second-order valence-electron chi connectivity index (χ2n) is 31.1. The normalized spacial score (nSPS) is 13.0. The van der Waals surface area contributed by atoms with Gasteiger partial charge >= 0.3 is 0 Å². The Morgan fingerprint density at radius 1 is 0.248 bits per heavy atom. The molecule has 0 aliphatic carbocycles. The molecule has 17 aromatic carbocycles. The zero-order chi connectivity index (χ0) is 70.1. The van der Waals surface area contributed by atoms with E-state index in [0.717, 1.165) is 101 Å². The van der Waals surface area contributed by atoms with Gasteiger partial charge in [-0.15, -0.1) is 0 Å². The number of nitrogens with zero attached hydrogens (tertiary/aromatic N) is 4. The second kappa shape index (κ2) is 22.9. The zero-order valence-corrected chi connectivity index (χ0v) is 59.6. The van der Waals surface area contributed by atoms with Crippen molar-refractivity contribution in [3.8, 4) is 67.0 Å². The Morgan fingerprint density at radius 2 is 0.638 bits per heavy atom. The third-order valence-corrected chi connectivity index (χ3v) is 23.0. The fraction of sp³-hybridized carbons (Fsp3) is 0.0800. The summed E-state index contributed by atoms with van der Waals surface area (Å²) in [5.41, 5.74) is 30.9. The zero-order valence-electron chi connectivity index (χ0n) is 59.6. The fourth-order valence-electron chi connectivity index (χ4n) is 18.2. The highest BCUT2D eigenvalue weighted by Gasteiger charge is 2.47. The minimum absolute atomic E-state index is 0.202. The quantitative estimate of drug-likeness (QED) is 0.0814. The van der Waals surface area contributed by atoms with Crippen LogP contribution in [0.3, 0.4) is 0 Å². The number of anilines is 6. The van der Waals surface area contributed by atoms with Gasteiger partial charge in [-0.2, -0.15) is 0 Å². The minimum atomic E-state index is -0.279. The minimum Gasteiger partial charge on any atom is -0.310 e. The van der Waals surface area contributed by atoms with Crippen LogP contribution >= 0.6 is 0 Å². The summed E-state index contributed by atoms with van der Waals surface area (Å²) in [4.78, 5) is 5.47. The van der Waals surface area contributed by atoms with Gasteiger partial charge in [0.25, 0.3) is 6.71 Å². The molecule has 4 heterocycles. The first-order chi connectivity index (χ1) is 51.4. The number of aromatic nitrogens is 2. The van der Waals surface area contributed by atoms with Crippen LogP contribution in [0.1, 0.15) is 52.7 Å². The van der Waals surface area contributed by atoms with Gasteiger partial charge in [0, 0.05) is 72.2 Å². The van der Waals surface area contributed by atoms with Crippen LogP contribution in [0, 0.1) is 0 Å². The Morgan fingerprint density at radius 3 is 1.09 bits per heavy atom. The monoisotopic (exact) mass is 1340 g/mol. The average molecular weight is 1340 g/mol. The summed E-state index contributed by atoms with van der Waals surface area (Å²) in [6, 6.07) is 127. The third-order valence-electron chi connectivity index (χ3n) is 23.0. The summed E-state index contributed by atoms with van der Waals surface area (Å²) < 4.78 is 5.15. The molecule has 0 unspecified atom stereocenters. The van der Waals surface area contributed by atoms with Gasteiger partial charge in [-0.05, 0) is 183 Å². The lowest BCUT2D eigenvalue weighted by Crippen LogP contribution is -2.61. The van der Waals surface area contributed by atoms with Crippen LogP contribution in [-0.2, 0) is 10.8 Å². The van der Waals surface area contributed by atoms with Crippen LogP contribution in [0.2, 0.25) is 0 Å². The van der Waals surface area contributed by atoms with Gasteiger partial charge < -0.3 is 18.9 Å². The van der Waals surface area contributed by atoms with Gasteiger partial charge in [0.1, 0.15) is 0 Å². The van der Waals surface area contributed by atoms with E-state index in [0.29, 0.717) is 0 Å². The van der Waals surface area contributed by atoms with Crippen LogP contribution in [-0.4, -0.2) is 15.8 Å². The van der Waals surface area contributed by atoms with E-state index in [9.17, 15) is 0 Å². The van der Waals surface area contributed by atoms with E-state index in [-0.39, 0.29) is 17.5 Å². The summed E-state index contributed by atoms with van der Waals surface area (Å²) in [6.07, 6.45) is 0. The van der Waals surface area contributed by atoms with Gasteiger partial charge in [-0.1, -0.05) is 296 Å². The van der Waals surface area contributed by atoms with Crippen molar-refractivity contribution in [2.75, 3.05) is 9.80 Å². The lowest BCUT2D eigenvalue weighted by Gasteiger charge is -2.46. The molecular formula is C100H73BN4. The highest BCUT2D eigenvalue weighted by atomic mass is 15.2. The molecule has 0 bridgehead atoms. The Balaban J connectivity index is 0.991. The number of hydrogen-bond donors (Lipinski definition) is 0. The van der Waals surface area contributed by atoms with Gasteiger partial charge in [-0.25, -0.2) is 0 Å². The molecule has 21 rings (SSSR count). The molecule has 0 N–H and O–H groups in total. The Labute approximate surface area is 612 Å². The summed E-state index contributed by atoms with van der Waals surface area (Å²) >= 11 is 0. The van der Waals surface area contributed by atoms with E-state index >= 15 is 0 Å². The van der Waals surface area contributed by atoms with Crippen LogP contribution in [0.4, 0.5) is 34.1 Å². The van der Waals surface area contributed by atoms with E-state index in [2.05, 4.69) is 394 Å². The Kier molecular flexibility index (Phi) is 13.3. The van der Waals surface area contributed by atoms with Crippen LogP contribution in [0.5, 0.6) is 0 Å². The van der Waals surface area contributed by atoms with Crippen LogP contribution in [0.25, 0.3) is 143 Å². The van der Waals surface area contributed by atoms with Crippen LogP contribution < -0.4 is 26.2 Å². The van der Waals surface area contributed by atoms with E-state index in [1.165, 1.54) is 104 Å². The molecule has 0 amide bonds. The van der Waals surface area contributed by atoms with Crippen molar-refractivity contribution < 1.29 is 0 Å². The first kappa shape index (κ1) is 61.0. The fourth-order valence-corrected chi connectivity index (χ4v) is 18.2. The average Bonchev–Trinajstić information content (AvgIpc) is 1.68. The lowest BCUT2D eigenvalue weighted by atomic mass is 9.33. The smallest absolute Gasteiger partial charge is 0.252 e. The van der Waals surface area contributed by atoms with Crippen molar-refractivity contribution in [2.24, 2.45) is 0 Å². The summed E-state index contributed by atoms with van der Waals surface area (Å²) in [7, 11) is 0. The number of benzene rings is 17. The second-order valence-corrected chi connectivity index (χ2v) is 31.1. The SMILES string of the molecule is CC(C)(C)c1cc(-c2ccccc2)c(N2c3ccc(-c4ccccc4)cc3B3c4ccc(-n5c6ccccc6c6ccccc65)cc4N(c4c(-c5ccccc5)cc(C(C)(C)C)cc4-c4ccccc4)c4cc(-n5c6ccc7cccc8c9cccc%10ccc5c(c%109)c6c78)cc2c43)c(-c2ccccc2)c1. The molecule has 2 aliphatic heterocycles. The van der Waals surface area contributed by atoms with Crippen molar-refractivity contribution >= 4 is 133 Å². The first-order valence-corrected chi connectivity index (χ1v) is 37.0. The van der Waals surface area contributed by atoms with Gasteiger partial charge in [-0.3, -0.25) is 0 Å². The van der Waals surface area contributed by atoms with Crippen molar-refractivity contribution in [1.82, 2.24) is 9.13 Å². The molecule has 0 saturated heterocycles. The number of hydrogen-bond acceptors (Lipinski definition) is 2. The largest absolute Gasteiger partial charge is 0.310 e. The maximum atomic E-state index is 2.75. The molecule has 496 valence electrons. The Hall–Kier alpha value is -12.7. The van der Waals surface area contributed by atoms with Gasteiger partial charge in [0.2, 0.25) is 0 Å². The van der Waals surface area contributed by atoms with E-state index in [4.69, 9.17) is 0 Å². The Bertz CT molecular complexity index is 6440. The molecule has 19 aromatic rings. The molecule has 0 fully saturated rings. The van der Waals surface area contributed by atoms with Gasteiger partial charge in [0.05, 0.1) is 39.1 Å². The molecule has 4 nitrogen and oxygen atoms in total. The molecule has 5 heteroatoms. The third kappa shape index (κ3) is 9.20. The predicted molar refractivity (Wildman–Crippen MR) is 449 cm³/mol. The highest BCUT2D eigenvalue weighted by molar-refractivity contribution is 7.00. The van der Waals surface area contributed by atoms with E-state index in [1.54, 1.807) is 0 Å². The highest BCUT2D eigenvalue weighted by Crippen LogP contribution is 2.57. The molecule has 105 heavy (non-hydrogen) atoms. The van der Waals surface area contributed by atoms with Crippen molar-refractivity contribution in [2.45, 2.75) is 52.4 Å². The number of para-hydroxylation sites is 2. The first-order valence-electron chi connectivity index (χ1n) is 37.0. The van der Waals surface area contributed by atoms with Gasteiger partial charge in [0.15, 0.2) is 0 Å². The molecule has 0 atom stereocenters.